The average Bonchev–Trinajstić information content (AvgIpc) is 2.91. The first-order valence-electron chi connectivity index (χ1n) is 8.62. The average molecular weight is 365 g/mol. The highest BCUT2D eigenvalue weighted by Crippen LogP contribution is 2.22. The van der Waals surface area contributed by atoms with Crippen molar-refractivity contribution in [1.82, 2.24) is 4.90 Å². The number of imide groups is 1. The van der Waals surface area contributed by atoms with Crippen LogP contribution in [0.4, 0.5) is 0 Å². The van der Waals surface area contributed by atoms with E-state index >= 15 is 0 Å². The topological polar surface area (TPSA) is 80.8 Å². The van der Waals surface area contributed by atoms with Gasteiger partial charge < -0.3 is 4.74 Å². The Bertz CT molecular complexity index is 879. The fraction of sp³-hybridized carbons (Fsp3) is 0.238. The van der Waals surface area contributed by atoms with Crippen LogP contribution < -0.4 is 0 Å². The number of carbonyl (C=O) groups excluding carboxylic acids is 4. The zero-order valence-corrected chi connectivity index (χ0v) is 15.1. The van der Waals surface area contributed by atoms with Gasteiger partial charge in [0.15, 0.2) is 12.4 Å². The van der Waals surface area contributed by atoms with Crippen molar-refractivity contribution < 1.29 is 23.9 Å². The number of benzene rings is 2. The van der Waals surface area contributed by atoms with Crippen LogP contribution in [0, 0.1) is 0 Å². The number of ether oxygens (including phenoxy) is 1. The van der Waals surface area contributed by atoms with Gasteiger partial charge in [0, 0.05) is 5.56 Å². The summed E-state index contributed by atoms with van der Waals surface area (Å²) in [5.74, 6) is -1.88. The lowest BCUT2D eigenvalue weighted by Crippen LogP contribution is -2.36. The van der Waals surface area contributed by atoms with Crippen molar-refractivity contribution >= 4 is 23.6 Å². The maximum atomic E-state index is 12.2. The minimum Gasteiger partial charge on any atom is -0.456 e. The molecule has 138 valence electrons. The molecule has 3 rings (SSSR count). The summed E-state index contributed by atoms with van der Waals surface area (Å²) in [6.07, 6.45) is 0. The molecular formula is C21H19NO5. The van der Waals surface area contributed by atoms with Gasteiger partial charge in [0.25, 0.3) is 11.8 Å². The molecule has 1 aliphatic rings. The maximum Gasteiger partial charge on any atom is 0.326 e. The van der Waals surface area contributed by atoms with E-state index in [4.69, 9.17) is 4.74 Å². The SMILES string of the molecule is CC(C)c1ccc(C(=O)COC(=O)CN2C(=O)c3ccccc3C2=O)cc1. The normalized spacial score (nSPS) is 13.1. The Morgan fingerprint density at radius 3 is 2.00 bits per heavy atom. The molecule has 6 heteroatoms. The maximum absolute atomic E-state index is 12.2. The first-order chi connectivity index (χ1) is 12.9. The Morgan fingerprint density at radius 1 is 0.926 bits per heavy atom. The molecule has 0 saturated carbocycles. The van der Waals surface area contributed by atoms with Crippen molar-refractivity contribution in [3.8, 4) is 0 Å². The molecule has 0 aromatic heterocycles. The first-order valence-corrected chi connectivity index (χ1v) is 8.62. The smallest absolute Gasteiger partial charge is 0.326 e. The quantitative estimate of drug-likeness (QED) is 0.447. The second kappa shape index (κ2) is 7.53. The van der Waals surface area contributed by atoms with E-state index in [9.17, 15) is 19.2 Å². The number of nitrogens with zero attached hydrogens (tertiary/aromatic N) is 1. The van der Waals surface area contributed by atoms with Gasteiger partial charge in [-0.25, -0.2) is 0 Å². The molecule has 0 fully saturated rings. The number of hydrogen-bond donors (Lipinski definition) is 0. The van der Waals surface area contributed by atoms with Crippen LogP contribution in [0.2, 0.25) is 0 Å². The van der Waals surface area contributed by atoms with E-state index in [1.165, 1.54) is 12.1 Å². The van der Waals surface area contributed by atoms with E-state index in [0.717, 1.165) is 10.5 Å². The Labute approximate surface area is 156 Å². The second-order valence-corrected chi connectivity index (χ2v) is 6.60. The summed E-state index contributed by atoms with van der Waals surface area (Å²) >= 11 is 0. The minimum absolute atomic E-state index is 0.261. The molecule has 0 bridgehead atoms. The van der Waals surface area contributed by atoms with E-state index in [-0.39, 0.29) is 16.9 Å². The molecule has 1 heterocycles. The summed E-state index contributed by atoms with van der Waals surface area (Å²) < 4.78 is 4.96. The van der Waals surface area contributed by atoms with Crippen LogP contribution in [0.3, 0.4) is 0 Å². The molecule has 0 radical (unpaired) electrons. The fourth-order valence-electron chi connectivity index (χ4n) is 2.84. The van der Waals surface area contributed by atoms with Crippen LogP contribution in [-0.4, -0.2) is 41.6 Å². The van der Waals surface area contributed by atoms with Crippen LogP contribution in [0.5, 0.6) is 0 Å². The van der Waals surface area contributed by atoms with E-state index in [1.54, 1.807) is 24.3 Å². The largest absolute Gasteiger partial charge is 0.456 e. The van der Waals surface area contributed by atoms with Crippen molar-refractivity contribution in [3.63, 3.8) is 0 Å². The molecule has 0 saturated heterocycles. The number of rotatable bonds is 6. The molecule has 2 aromatic carbocycles. The lowest BCUT2D eigenvalue weighted by atomic mass is 10.0. The van der Waals surface area contributed by atoms with E-state index in [0.29, 0.717) is 11.5 Å². The van der Waals surface area contributed by atoms with Crippen LogP contribution >= 0.6 is 0 Å². The van der Waals surface area contributed by atoms with Crippen LogP contribution in [-0.2, 0) is 9.53 Å². The number of hydrogen-bond acceptors (Lipinski definition) is 5. The minimum atomic E-state index is -0.809. The highest BCUT2D eigenvalue weighted by Gasteiger charge is 2.36. The van der Waals surface area contributed by atoms with Gasteiger partial charge in [-0.15, -0.1) is 0 Å². The highest BCUT2D eigenvalue weighted by molar-refractivity contribution is 6.22. The van der Waals surface area contributed by atoms with Gasteiger partial charge in [-0.05, 0) is 23.6 Å². The predicted molar refractivity (Wildman–Crippen MR) is 97.6 cm³/mol. The molecule has 6 nitrogen and oxygen atoms in total. The Morgan fingerprint density at radius 2 is 1.48 bits per heavy atom. The van der Waals surface area contributed by atoms with Crippen LogP contribution in [0.1, 0.15) is 56.4 Å². The van der Waals surface area contributed by atoms with Crippen molar-refractivity contribution in [1.29, 1.82) is 0 Å². The van der Waals surface area contributed by atoms with Gasteiger partial charge in [0.1, 0.15) is 6.54 Å². The number of carbonyl (C=O) groups is 4. The number of amides is 2. The second-order valence-electron chi connectivity index (χ2n) is 6.60. The first kappa shape index (κ1) is 18.5. The van der Waals surface area contributed by atoms with Gasteiger partial charge in [-0.1, -0.05) is 50.2 Å². The van der Waals surface area contributed by atoms with Gasteiger partial charge in [-0.3, -0.25) is 24.1 Å². The van der Waals surface area contributed by atoms with Crippen LogP contribution in [0.25, 0.3) is 0 Å². The number of fused-ring (bicyclic) bond motifs is 1. The van der Waals surface area contributed by atoms with Gasteiger partial charge in [0.05, 0.1) is 11.1 Å². The lowest BCUT2D eigenvalue weighted by molar-refractivity contribution is -0.142. The van der Waals surface area contributed by atoms with Crippen molar-refractivity contribution in [2.24, 2.45) is 0 Å². The summed E-state index contributed by atoms with van der Waals surface area (Å²) in [5, 5.41) is 0. The zero-order chi connectivity index (χ0) is 19.6. The fourth-order valence-corrected chi connectivity index (χ4v) is 2.84. The highest BCUT2D eigenvalue weighted by atomic mass is 16.5. The van der Waals surface area contributed by atoms with Gasteiger partial charge in [-0.2, -0.15) is 0 Å². The molecule has 0 unspecified atom stereocenters. The van der Waals surface area contributed by atoms with Gasteiger partial charge in [0.2, 0.25) is 0 Å². The van der Waals surface area contributed by atoms with Crippen molar-refractivity contribution in [2.75, 3.05) is 13.2 Å². The molecule has 0 N–H and O–H groups in total. The number of esters is 1. The van der Waals surface area contributed by atoms with E-state index < -0.39 is 30.9 Å². The molecular weight excluding hydrogens is 346 g/mol. The zero-order valence-electron chi connectivity index (χ0n) is 15.1. The molecule has 0 atom stereocenters. The number of ketones is 1. The Balaban J connectivity index is 1.56. The Kier molecular flexibility index (Phi) is 5.16. The molecule has 2 aromatic rings. The third-order valence-electron chi connectivity index (χ3n) is 4.43. The molecule has 0 aliphatic carbocycles. The van der Waals surface area contributed by atoms with Crippen molar-refractivity contribution in [3.05, 3.63) is 70.8 Å². The summed E-state index contributed by atoms with van der Waals surface area (Å²) in [7, 11) is 0. The summed E-state index contributed by atoms with van der Waals surface area (Å²) in [6, 6.07) is 13.5. The third kappa shape index (κ3) is 3.79. The van der Waals surface area contributed by atoms with E-state index in [1.807, 2.05) is 12.1 Å². The van der Waals surface area contributed by atoms with Gasteiger partial charge >= 0.3 is 5.97 Å². The molecule has 27 heavy (non-hydrogen) atoms. The standard InChI is InChI=1S/C21H19NO5/c1-13(2)14-7-9-15(10-8-14)18(23)12-27-19(24)11-22-20(25)16-5-3-4-6-17(16)21(22)26/h3-10,13H,11-12H2,1-2H3. The Hall–Kier alpha value is -3.28. The molecule has 2 amide bonds. The summed E-state index contributed by atoms with van der Waals surface area (Å²) in [4.78, 5) is 49.4. The van der Waals surface area contributed by atoms with E-state index in [2.05, 4.69) is 13.8 Å². The summed E-state index contributed by atoms with van der Waals surface area (Å²) in [5.41, 5.74) is 2.07. The van der Waals surface area contributed by atoms with Crippen molar-refractivity contribution in [2.45, 2.75) is 19.8 Å². The lowest BCUT2D eigenvalue weighted by Gasteiger charge is -2.13. The van der Waals surface area contributed by atoms with Crippen LogP contribution in [0.15, 0.2) is 48.5 Å². The third-order valence-corrected chi connectivity index (χ3v) is 4.43. The molecule has 0 spiro atoms. The monoisotopic (exact) mass is 365 g/mol. The predicted octanol–water partition coefficient (Wildman–Crippen LogP) is 2.83. The number of Topliss-reactive ketones (excluding diaryl/α,β-unsaturated/α-hetero) is 1. The molecule has 1 aliphatic heterocycles. The summed E-state index contributed by atoms with van der Waals surface area (Å²) in [6.45, 7) is 3.14.